The van der Waals surface area contributed by atoms with E-state index in [0.29, 0.717) is 0 Å². The minimum atomic E-state index is -0.527. The monoisotopic (exact) mass is 1740 g/mol. The summed E-state index contributed by atoms with van der Waals surface area (Å²) in [6.07, 6.45) is 0. The molecule has 2 aliphatic rings. The molecule has 28 rings (SSSR count). The van der Waals surface area contributed by atoms with Crippen LogP contribution in [0.2, 0.25) is 0 Å². The number of para-hydroxylation sites is 2. The molecule has 0 unspecified atom stereocenters. The van der Waals surface area contributed by atoms with E-state index in [1.54, 1.807) is 0 Å². The Hall–Kier alpha value is -17.3. The van der Waals surface area contributed by atoms with E-state index >= 15 is 0 Å². The van der Waals surface area contributed by atoms with Crippen LogP contribution in [0.1, 0.15) is 44.5 Å². The predicted molar refractivity (Wildman–Crippen MR) is 575 cm³/mol. The molecule has 26 aromatic rings. The highest BCUT2D eigenvalue weighted by molar-refractivity contribution is 7.26. The molecule has 0 fully saturated rings. The van der Waals surface area contributed by atoms with Crippen LogP contribution in [0.4, 0.5) is 34.1 Å². The molecule has 0 saturated heterocycles. The maximum Gasteiger partial charge on any atom is 0.143 e. The van der Waals surface area contributed by atoms with Crippen molar-refractivity contribution in [1.29, 1.82) is 0 Å². The molecule has 24 aromatic carbocycles. The van der Waals surface area contributed by atoms with Crippen LogP contribution in [0.3, 0.4) is 0 Å². The molecule has 3 nitrogen and oxygen atoms in total. The third-order valence-corrected chi connectivity index (χ3v) is 30.5. The van der Waals surface area contributed by atoms with Gasteiger partial charge < -0.3 is 14.2 Å². The first-order chi connectivity index (χ1) is 67.4. The van der Waals surface area contributed by atoms with Crippen LogP contribution in [0.15, 0.2) is 514 Å². The first-order valence-electron chi connectivity index (χ1n) is 47.0. The van der Waals surface area contributed by atoms with Gasteiger partial charge in [0.25, 0.3) is 0 Å². The normalized spacial score (nSPS) is 12.8. The van der Waals surface area contributed by atoms with E-state index in [9.17, 15) is 0 Å². The van der Waals surface area contributed by atoms with Crippen molar-refractivity contribution < 1.29 is 4.42 Å². The average Bonchev–Trinajstić information content (AvgIpc) is 1.53. The number of benzene rings is 24. The molecule has 0 saturated carbocycles. The van der Waals surface area contributed by atoms with Crippen LogP contribution in [0.25, 0.3) is 174 Å². The molecule has 136 heavy (non-hydrogen) atoms. The molecule has 0 amide bonds. The van der Waals surface area contributed by atoms with Crippen LogP contribution >= 0.6 is 11.3 Å². The Bertz CT molecular complexity index is 9090. The Kier molecular flexibility index (Phi) is 18.3. The molecule has 2 aliphatic carbocycles. The van der Waals surface area contributed by atoms with E-state index in [4.69, 9.17) is 4.42 Å². The van der Waals surface area contributed by atoms with Gasteiger partial charge in [-0.3, -0.25) is 0 Å². The minimum Gasteiger partial charge on any atom is -0.455 e. The van der Waals surface area contributed by atoms with E-state index in [0.717, 1.165) is 67.2 Å². The van der Waals surface area contributed by atoms with Crippen molar-refractivity contribution in [3.8, 4) is 66.8 Å². The second-order valence-electron chi connectivity index (χ2n) is 36.3. The van der Waals surface area contributed by atoms with Gasteiger partial charge in [0.1, 0.15) is 11.2 Å². The Morgan fingerprint density at radius 3 is 1.07 bits per heavy atom. The van der Waals surface area contributed by atoms with Crippen molar-refractivity contribution in [2.75, 3.05) is 9.80 Å². The Balaban J connectivity index is 0.000000138. The SMILES string of the molecule is c1ccc(C2(c3cccc(N(c4ccc(-c5ccc6c7ccccc7c7ccccc7c6c5)cc4)c4ccc(-c5cccc6c5oc5ccccc56)cc4)c3)c3ccccc3-c3ccccc32)cc1.c1ccc(C2(c3cccc(N(c4ccc(-c5ccc6ccc7cccc8ccc5c6c78)cc4)c4ccc(-c5cccc6c5sc5ccccc56)cc4)c3)c3ccccc3-c3ccccc32)cc1. The zero-order valence-corrected chi connectivity index (χ0v) is 75.0. The summed E-state index contributed by atoms with van der Waals surface area (Å²) in [6.45, 7) is 0. The molecule has 4 heteroatoms. The Morgan fingerprint density at radius 2 is 0.537 bits per heavy atom. The lowest BCUT2D eigenvalue weighted by molar-refractivity contribution is 0.670. The van der Waals surface area contributed by atoms with Gasteiger partial charge in [-0.1, -0.05) is 419 Å². The zero-order valence-electron chi connectivity index (χ0n) is 74.2. The summed E-state index contributed by atoms with van der Waals surface area (Å²) in [5, 5.41) is 20.4. The van der Waals surface area contributed by atoms with Gasteiger partial charge in [0, 0.05) is 70.6 Å². The van der Waals surface area contributed by atoms with Crippen LogP contribution in [-0.4, -0.2) is 0 Å². The van der Waals surface area contributed by atoms with Gasteiger partial charge in [0.2, 0.25) is 0 Å². The highest BCUT2D eigenvalue weighted by Gasteiger charge is 2.48. The van der Waals surface area contributed by atoms with Crippen LogP contribution in [0, 0.1) is 0 Å². The molecular weight excluding hydrogens is 1660 g/mol. The number of hydrogen-bond donors (Lipinski definition) is 0. The predicted octanol–water partition coefficient (Wildman–Crippen LogP) is 36.3. The maximum absolute atomic E-state index is 6.51. The van der Waals surface area contributed by atoms with Crippen molar-refractivity contribution >= 4 is 152 Å². The molecule has 0 N–H and O–H groups in total. The van der Waals surface area contributed by atoms with Crippen LogP contribution in [-0.2, 0) is 10.8 Å². The van der Waals surface area contributed by atoms with Gasteiger partial charge in [-0.2, -0.15) is 0 Å². The Morgan fingerprint density at radius 1 is 0.184 bits per heavy atom. The summed E-state index contributed by atoms with van der Waals surface area (Å²) in [5.74, 6) is 0. The maximum atomic E-state index is 6.51. The lowest BCUT2D eigenvalue weighted by Gasteiger charge is -2.35. The van der Waals surface area contributed by atoms with Gasteiger partial charge in [0.05, 0.1) is 10.8 Å². The second kappa shape index (κ2) is 31.8. The molecule has 634 valence electrons. The summed E-state index contributed by atoms with van der Waals surface area (Å²) in [6, 6.07) is 188. The van der Waals surface area contributed by atoms with Gasteiger partial charge in [-0.15, -0.1) is 11.3 Å². The van der Waals surface area contributed by atoms with E-state index in [2.05, 4.69) is 507 Å². The van der Waals surface area contributed by atoms with Crippen LogP contribution < -0.4 is 9.80 Å². The molecular formula is C132H84N2OS. The zero-order chi connectivity index (χ0) is 89.5. The lowest BCUT2D eigenvalue weighted by atomic mass is 9.67. The first-order valence-corrected chi connectivity index (χ1v) is 47.8. The van der Waals surface area contributed by atoms with Crippen LogP contribution in [0.5, 0.6) is 0 Å². The van der Waals surface area contributed by atoms with Gasteiger partial charge in [-0.05, 0) is 261 Å². The molecule has 0 atom stereocenters. The van der Waals surface area contributed by atoms with Crippen molar-refractivity contribution in [3.63, 3.8) is 0 Å². The number of rotatable bonds is 14. The fourth-order valence-corrected chi connectivity index (χ4v) is 24.5. The fraction of sp³-hybridized carbons (Fsp3) is 0.0152. The average molecular weight is 1750 g/mol. The molecule has 0 aliphatic heterocycles. The number of anilines is 6. The highest BCUT2D eigenvalue weighted by Crippen LogP contribution is 2.60. The first kappa shape index (κ1) is 78.6. The summed E-state index contributed by atoms with van der Waals surface area (Å²) < 4.78 is 9.16. The topological polar surface area (TPSA) is 19.6 Å². The quantitative estimate of drug-likeness (QED) is 0.101. The van der Waals surface area contributed by atoms with E-state index < -0.39 is 10.8 Å². The third kappa shape index (κ3) is 12.3. The molecule has 0 radical (unpaired) electrons. The standard InChI is InChI=1S/C67H43NO.C65H41NS/c1-2-16-47(17-3-1)67(63-29-11-8-24-58(63)59-25-9-12-30-64(59)67)48-18-14-19-51(43-48)68(50-39-34-45(35-40-50)52-27-15-28-61-60-26-10-13-31-65(60)69-66(52)61)49-37-32-44(33-38-49)46-36-41-57-55-22-5-4-20-53(55)54-21-6-7-23-56(54)62(57)42-46;1-2-15-47(16-3-1)65(59-24-7-4-19-54(59)55-20-5-8-25-60(55)65)48-17-11-18-51(41-48)66(50-37-31-43(32-38-50)53-22-12-23-58-56-21-6-9-26-61(56)67-64(53)58)49-35-29-42(30-36-49)52-39-33-46-28-27-44-13-10-14-45-34-40-57(52)63(46)62(44)45/h1-43H;1-41H. The van der Waals surface area contributed by atoms with Gasteiger partial charge >= 0.3 is 0 Å². The smallest absolute Gasteiger partial charge is 0.143 e. The molecule has 2 aromatic heterocycles. The summed E-state index contributed by atoms with van der Waals surface area (Å²) >= 11 is 1.88. The number of furan rings is 1. The van der Waals surface area contributed by atoms with Crippen molar-refractivity contribution in [3.05, 3.63) is 554 Å². The minimum absolute atomic E-state index is 0.512. The number of nitrogens with zero attached hydrogens (tertiary/aromatic N) is 2. The van der Waals surface area contributed by atoms with E-state index in [-0.39, 0.29) is 0 Å². The summed E-state index contributed by atoms with van der Waals surface area (Å²) in [5.41, 5.74) is 32.0. The summed E-state index contributed by atoms with van der Waals surface area (Å²) in [7, 11) is 0. The van der Waals surface area contributed by atoms with E-state index in [1.807, 2.05) is 23.5 Å². The largest absolute Gasteiger partial charge is 0.455 e. The van der Waals surface area contributed by atoms with Gasteiger partial charge in [0.15, 0.2) is 0 Å². The Labute approximate surface area is 792 Å². The van der Waals surface area contributed by atoms with E-state index in [1.165, 1.54) is 185 Å². The van der Waals surface area contributed by atoms with Crippen molar-refractivity contribution in [1.82, 2.24) is 0 Å². The molecule has 0 bridgehead atoms. The third-order valence-electron chi connectivity index (χ3n) is 29.2. The van der Waals surface area contributed by atoms with Gasteiger partial charge in [-0.25, -0.2) is 0 Å². The van der Waals surface area contributed by atoms with Crippen molar-refractivity contribution in [2.24, 2.45) is 0 Å². The summed E-state index contributed by atoms with van der Waals surface area (Å²) in [4.78, 5) is 4.84. The number of thiophene rings is 1. The lowest BCUT2D eigenvalue weighted by Crippen LogP contribution is -2.28. The molecule has 0 spiro atoms. The highest BCUT2D eigenvalue weighted by atomic mass is 32.1. The second-order valence-corrected chi connectivity index (χ2v) is 37.3. The fourth-order valence-electron chi connectivity index (χ4n) is 23.3. The molecule has 2 heterocycles. The number of hydrogen-bond acceptors (Lipinski definition) is 4. The van der Waals surface area contributed by atoms with Crippen molar-refractivity contribution in [2.45, 2.75) is 10.8 Å². The number of fused-ring (bicyclic) bond motifs is 18.